The molecule has 2 heteroatoms. The fourth-order valence-electron chi connectivity index (χ4n) is 3.06. The van der Waals surface area contributed by atoms with Gasteiger partial charge in [0.15, 0.2) is 0 Å². The highest BCUT2D eigenvalue weighted by atomic mass is 16.5. The van der Waals surface area contributed by atoms with Crippen molar-refractivity contribution in [1.82, 2.24) is 0 Å². The molecule has 0 spiro atoms. The van der Waals surface area contributed by atoms with E-state index in [1.165, 1.54) is 5.56 Å². The molecule has 1 aliphatic rings. The predicted octanol–water partition coefficient (Wildman–Crippen LogP) is 3.96. The van der Waals surface area contributed by atoms with Gasteiger partial charge in [0, 0.05) is 26.1 Å². The number of carbonyl (C=O) groups is 1. The summed E-state index contributed by atoms with van der Waals surface area (Å²) in [5.74, 6) is 1.33. The predicted molar refractivity (Wildman–Crippen MR) is 77.3 cm³/mol. The van der Waals surface area contributed by atoms with Crippen molar-refractivity contribution < 1.29 is 9.53 Å². The molecule has 19 heavy (non-hydrogen) atoms. The van der Waals surface area contributed by atoms with E-state index in [2.05, 4.69) is 30.3 Å². The van der Waals surface area contributed by atoms with Gasteiger partial charge in [0.25, 0.3) is 0 Å². The van der Waals surface area contributed by atoms with Gasteiger partial charge in [0.05, 0.1) is 0 Å². The van der Waals surface area contributed by atoms with Gasteiger partial charge >= 0.3 is 0 Å². The van der Waals surface area contributed by atoms with Gasteiger partial charge < -0.3 is 4.74 Å². The topological polar surface area (TPSA) is 26.3 Å². The maximum absolute atomic E-state index is 12.0. The van der Waals surface area contributed by atoms with Crippen LogP contribution in [0.15, 0.2) is 30.3 Å². The molecule has 0 N–H and O–H groups in total. The summed E-state index contributed by atoms with van der Waals surface area (Å²) in [6.45, 7) is 0.809. The molecule has 0 aliphatic heterocycles. The summed E-state index contributed by atoms with van der Waals surface area (Å²) in [6.07, 6.45) is 6.02. The minimum Gasteiger partial charge on any atom is -0.385 e. The number of benzene rings is 1. The molecule has 0 bridgehead atoms. The summed E-state index contributed by atoms with van der Waals surface area (Å²) in [6, 6.07) is 10.6. The number of Topliss-reactive ketones (excluding diaryl/α,β-unsaturated/α-hetero) is 1. The molecule has 0 amide bonds. The van der Waals surface area contributed by atoms with E-state index in [0.29, 0.717) is 11.7 Å². The lowest BCUT2D eigenvalue weighted by atomic mass is 9.75. The molecule has 104 valence electrons. The Balaban J connectivity index is 1.87. The zero-order valence-electron chi connectivity index (χ0n) is 11.8. The molecule has 0 radical (unpaired) electrons. The monoisotopic (exact) mass is 260 g/mol. The lowest BCUT2D eigenvalue weighted by molar-refractivity contribution is -0.125. The molecule has 2 atom stereocenters. The SMILES string of the molecule is COCCCCC1CC(c2ccccc2)CCC1=O. The van der Waals surface area contributed by atoms with Gasteiger partial charge in [-0.1, -0.05) is 36.8 Å². The molecule has 2 nitrogen and oxygen atoms in total. The molecule has 1 saturated carbocycles. The Labute approximate surface area is 116 Å². The molecule has 0 aromatic heterocycles. The number of hydrogen-bond donors (Lipinski definition) is 0. The smallest absolute Gasteiger partial charge is 0.136 e. The Morgan fingerprint density at radius 2 is 2.00 bits per heavy atom. The van der Waals surface area contributed by atoms with Crippen molar-refractivity contribution in [2.45, 2.75) is 44.4 Å². The Hall–Kier alpha value is -1.15. The second-order valence-electron chi connectivity index (χ2n) is 5.53. The molecule has 0 saturated heterocycles. The van der Waals surface area contributed by atoms with E-state index in [1.807, 2.05) is 0 Å². The largest absolute Gasteiger partial charge is 0.385 e. The quantitative estimate of drug-likeness (QED) is 0.724. The highest BCUT2D eigenvalue weighted by molar-refractivity contribution is 5.82. The van der Waals surface area contributed by atoms with E-state index in [1.54, 1.807) is 7.11 Å². The van der Waals surface area contributed by atoms with Gasteiger partial charge in [0.2, 0.25) is 0 Å². The Morgan fingerprint density at radius 1 is 1.21 bits per heavy atom. The molecule has 2 rings (SSSR count). The van der Waals surface area contributed by atoms with Gasteiger partial charge in [-0.25, -0.2) is 0 Å². The first-order valence-electron chi connectivity index (χ1n) is 7.38. The first-order valence-corrected chi connectivity index (χ1v) is 7.38. The van der Waals surface area contributed by atoms with Crippen molar-refractivity contribution >= 4 is 5.78 Å². The van der Waals surface area contributed by atoms with Crippen molar-refractivity contribution in [3.63, 3.8) is 0 Å². The summed E-state index contributed by atoms with van der Waals surface area (Å²) in [5.41, 5.74) is 1.40. The van der Waals surface area contributed by atoms with Crippen LogP contribution in [0.25, 0.3) is 0 Å². The lowest BCUT2D eigenvalue weighted by Crippen LogP contribution is -2.24. The van der Waals surface area contributed by atoms with E-state index >= 15 is 0 Å². The van der Waals surface area contributed by atoms with Crippen molar-refractivity contribution in [3.05, 3.63) is 35.9 Å². The number of methoxy groups -OCH3 is 1. The maximum Gasteiger partial charge on any atom is 0.136 e. The minimum absolute atomic E-state index is 0.274. The van der Waals surface area contributed by atoms with Crippen LogP contribution in [-0.2, 0) is 9.53 Å². The minimum atomic E-state index is 0.274. The molecule has 1 fully saturated rings. The summed E-state index contributed by atoms with van der Waals surface area (Å²) in [7, 11) is 1.73. The first kappa shape index (κ1) is 14.3. The van der Waals surface area contributed by atoms with E-state index in [-0.39, 0.29) is 5.92 Å². The maximum atomic E-state index is 12.0. The van der Waals surface area contributed by atoms with E-state index < -0.39 is 0 Å². The van der Waals surface area contributed by atoms with E-state index in [0.717, 1.165) is 45.1 Å². The average molecular weight is 260 g/mol. The number of rotatable bonds is 6. The standard InChI is InChI=1S/C17H24O2/c1-19-12-6-5-9-16-13-15(10-11-17(16)18)14-7-3-2-4-8-14/h2-4,7-8,15-16H,5-6,9-13H2,1H3. The third-order valence-electron chi connectivity index (χ3n) is 4.19. The van der Waals surface area contributed by atoms with Gasteiger partial charge in [-0.15, -0.1) is 0 Å². The summed E-state index contributed by atoms with van der Waals surface area (Å²) in [5, 5.41) is 0. The van der Waals surface area contributed by atoms with Crippen molar-refractivity contribution in [2.24, 2.45) is 5.92 Å². The van der Waals surface area contributed by atoms with Crippen LogP contribution < -0.4 is 0 Å². The van der Waals surface area contributed by atoms with Crippen molar-refractivity contribution in [2.75, 3.05) is 13.7 Å². The van der Waals surface area contributed by atoms with Crippen LogP contribution in [0.4, 0.5) is 0 Å². The molecule has 1 aliphatic carbocycles. The highest BCUT2D eigenvalue weighted by Gasteiger charge is 2.28. The fraction of sp³-hybridized carbons (Fsp3) is 0.588. The molecule has 0 heterocycles. The van der Waals surface area contributed by atoms with Crippen molar-refractivity contribution in [1.29, 1.82) is 0 Å². The normalized spacial score (nSPS) is 23.5. The zero-order chi connectivity index (χ0) is 13.5. The number of ketones is 1. The molecular formula is C17H24O2. The van der Waals surface area contributed by atoms with Crippen LogP contribution in [-0.4, -0.2) is 19.5 Å². The number of hydrogen-bond acceptors (Lipinski definition) is 2. The Bertz CT molecular complexity index is 386. The van der Waals surface area contributed by atoms with Crippen LogP contribution in [0.3, 0.4) is 0 Å². The fourth-order valence-corrected chi connectivity index (χ4v) is 3.06. The number of carbonyl (C=O) groups excluding carboxylic acids is 1. The number of unbranched alkanes of at least 4 members (excludes halogenated alkanes) is 1. The Kier molecular flexibility index (Phi) is 5.59. The van der Waals surface area contributed by atoms with Crippen LogP contribution in [0.1, 0.15) is 50.0 Å². The van der Waals surface area contributed by atoms with Gasteiger partial charge in [-0.3, -0.25) is 4.79 Å². The van der Waals surface area contributed by atoms with E-state index in [4.69, 9.17) is 4.74 Å². The molecule has 2 unspecified atom stereocenters. The third kappa shape index (κ3) is 4.17. The molecular weight excluding hydrogens is 236 g/mol. The van der Waals surface area contributed by atoms with Gasteiger partial charge in [-0.2, -0.15) is 0 Å². The zero-order valence-corrected chi connectivity index (χ0v) is 11.8. The van der Waals surface area contributed by atoms with Crippen LogP contribution in [0.5, 0.6) is 0 Å². The summed E-state index contributed by atoms with van der Waals surface area (Å²) in [4.78, 5) is 12.0. The Morgan fingerprint density at radius 3 is 2.74 bits per heavy atom. The van der Waals surface area contributed by atoms with Gasteiger partial charge in [-0.05, 0) is 37.2 Å². The third-order valence-corrected chi connectivity index (χ3v) is 4.19. The van der Waals surface area contributed by atoms with E-state index in [9.17, 15) is 4.79 Å². The van der Waals surface area contributed by atoms with Gasteiger partial charge in [0.1, 0.15) is 5.78 Å². The van der Waals surface area contributed by atoms with Crippen LogP contribution >= 0.6 is 0 Å². The second kappa shape index (κ2) is 7.44. The first-order chi connectivity index (χ1) is 9.31. The molecule has 1 aromatic rings. The lowest BCUT2D eigenvalue weighted by Gasteiger charge is -2.28. The summed E-state index contributed by atoms with van der Waals surface area (Å²) < 4.78 is 5.06. The average Bonchev–Trinajstić information content (AvgIpc) is 2.46. The van der Waals surface area contributed by atoms with Crippen LogP contribution in [0.2, 0.25) is 0 Å². The highest BCUT2D eigenvalue weighted by Crippen LogP contribution is 2.36. The van der Waals surface area contributed by atoms with Crippen molar-refractivity contribution in [3.8, 4) is 0 Å². The molecule has 1 aromatic carbocycles. The number of ether oxygens (including phenoxy) is 1. The van der Waals surface area contributed by atoms with Crippen LogP contribution in [0, 0.1) is 5.92 Å². The summed E-state index contributed by atoms with van der Waals surface area (Å²) >= 11 is 0. The second-order valence-corrected chi connectivity index (χ2v) is 5.53.